The maximum atomic E-state index is 4.64. The van der Waals surface area contributed by atoms with Crippen LogP contribution in [0.15, 0.2) is 96.1 Å². The molecule has 0 atom stereocenters. The molecule has 1 aromatic heterocycles. The molecule has 110 valence electrons. The van der Waals surface area contributed by atoms with E-state index in [1.54, 1.807) is 0 Å². The summed E-state index contributed by atoms with van der Waals surface area (Å²) in [5.74, 6) is 0. The van der Waals surface area contributed by atoms with Crippen LogP contribution >= 0.6 is 0 Å². The van der Waals surface area contributed by atoms with E-state index in [4.69, 9.17) is 0 Å². The van der Waals surface area contributed by atoms with Crippen LogP contribution in [0.5, 0.6) is 0 Å². The summed E-state index contributed by atoms with van der Waals surface area (Å²) in [6.07, 6.45) is 3.97. The molecule has 0 amide bonds. The smallest absolute Gasteiger partial charge is 0.0639 e. The van der Waals surface area contributed by atoms with Crippen LogP contribution < -0.4 is 0 Å². The van der Waals surface area contributed by atoms with Crippen LogP contribution in [0.1, 0.15) is 5.69 Å². The zero-order valence-electron chi connectivity index (χ0n) is 12.6. The molecule has 0 bridgehead atoms. The normalized spacial score (nSPS) is 11.3. The molecule has 0 aliphatic carbocycles. The quantitative estimate of drug-likeness (QED) is 0.452. The van der Waals surface area contributed by atoms with Gasteiger partial charge in [-0.15, -0.1) is 0 Å². The van der Waals surface area contributed by atoms with E-state index in [0.29, 0.717) is 0 Å². The molecule has 0 saturated carbocycles. The minimum absolute atomic E-state index is 0.963. The van der Waals surface area contributed by atoms with Crippen molar-refractivity contribution in [3.63, 3.8) is 0 Å². The fourth-order valence-corrected chi connectivity index (χ4v) is 2.72. The molecule has 3 aromatic carbocycles. The highest BCUT2D eigenvalue weighted by molar-refractivity contribution is 5.87. The van der Waals surface area contributed by atoms with Gasteiger partial charge in [0.1, 0.15) is 0 Å². The van der Waals surface area contributed by atoms with Crippen molar-refractivity contribution < 1.29 is 0 Å². The number of para-hydroxylation sites is 1. The molecular weight excluding hydrogens is 280 g/mol. The Balaban J connectivity index is 1.67. The van der Waals surface area contributed by atoms with Crippen molar-refractivity contribution in [3.8, 4) is 5.69 Å². The molecule has 4 aromatic rings. The van der Waals surface area contributed by atoms with Crippen molar-refractivity contribution in [2.75, 3.05) is 0 Å². The molecule has 1 heterocycles. The van der Waals surface area contributed by atoms with Crippen molar-refractivity contribution >= 4 is 22.7 Å². The van der Waals surface area contributed by atoms with Gasteiger partial charge in [-0.25, -0.2) is 0 Å². The van der Waals surface area contributed by atoms with Crippen LogP contribution in [-0.4, -0.2) is 10.8 Å². The fraction of sp³-hybridized carbons (Fsp3) is 0. The number of fused-ring (bicyclic) bond motifs is 1. The Morgan fingerprint density at radius 3 is 2.35 bits per heavy atom. The van der Waals surface area contributed by atoms with Crippen molar-refractivity contribution in [1.29, 1.82) is 0 Å². The molecule has 2 heteroatoms. The van der Waals surface area contributed by atoms with Gasteiger partial charge >= 0.3 is 0 Å². The second-order valence-corrected chi connectivity index (χ2v) is 5.43. The van der Waals surface area contributed by atoms with E-state index in [0.717, 1.165) is 17.1 Å². The van der Waals surface area contributed by atoms with Gasteiger partial charge in [-0.1, -0.05) is 48.5 Å². The lowest BCUT2D eigenvalue weighted by Crippen LogP contribution is -1.97. The largest absolute Gasteiger partial charge is 0.316 e. The summed E-state index contributed by atoms with van der Waals surface area (Å²) >= 11 is 0. The Bertz CT molecular complexity index is 965. The topological polar surface area (TPSA) is 17.3 Å². The van der Waals surface area contributed by atoms with E-state index in [1.165, 1.54) is 10.8 Å². The van der Waals surface area contributed by atoms with Gasteiger partial charge in [0.2, 0.25) is 0 Å². The highest BCUT2D eigenvalue weighted by atomic mass is 15.0. The molecule has 0 radical (unpaired) electrons. The van der Waals surface area contributed by atoms with Gasteiger partial charge in [-0.3, -0.25) is 4.99 Å². The van der Waals surface area contributed by atoms with Crippen LogP contribution in [-0.2, 0) is 0 Å². The fourth-order valence-electron chi connectivity index (χ4n) is 2.72. The Morgan fingerprint density at radius 2 is 1.48 bits per heavy atom. The molecule has 0 fully saturated rings. The molecule has 23 heavy (non-hydrogen) atoms. The van der Waals surface area contributed by atoms with Crippen molar-refractivity contribution in [1.82, 2.24) is 4.57 Å². The number of rotatable bonds is 3. The Kier molecular flexibility index (Phi) is 3.49. The second kappa shape index (κ2) is 5.93. The van der Waals surface area contributed by atoms with Gasteiger partial charge in [0.15, 0.2) is 0 Å². The molecule has 0 spiro atoms. The number of nitrogens with zero attached hydrogens (tertiary/aromatic N) is 2. The third-order valence-corrected chi connectivity index (χ3v) is 3.89. The van der Waals surface area contributed by atoms with Crippen LogP contribution in [0.3, 0.4) is 0 Å². The maximum Gasteiger partial charge on any atom is 0.0639 e. The van der Waals surface area contributed by atoms with E-state index >= 15 is 0 Å². The minimum atomic E-state index is 0.963. The molecule has 2 nitrogen and oxygen atoms in total. The third kappa shape index (κ3) is 2.79. The van der Waals surface area contributed by atoms with Gasteiger partial charge in [0.25, 0.3) is 0 Å². The van der Waals surface area contributed by atoms with Gasteiger partial charge in [-0.2, -0.15) is 0 Å². The van der Waals surface area contributed by atoms with E-state index in [-0.39, 0.29) is 0 Å². The summed E-state index contributed by atoms with van der Waals surface area (Å²) in [4.78, 5) is 4.64. The first-order valence-electron chi connectivity index (χ1n) is 7.66. The summed E-state index contributed by atoms with van der Waals surface area (Å²) in [5.41, 5.74) is 3.16. The monoisotopic (exact) mass is 296 g/mol. The second-order valence-electron chi connectivity index (χ2n) is 5.43. The molecular formula is C21H16N2. The lowest BCUT2D eigenvalue weighted by molar-refractivity contribution is 1.07. The highest BCUT2D eigenvalue weighted by Gasteiger charge is 2.00. The number of hydrogen-bond acceptors (Lipinski definition) is 1. The Hall–Kier alpha value is -3.13. The van der Waals surface area contributed by atoms with E-state index in [1.807, 2.05) is 30.5 Å². The van der Waals surface area contributed by atoms with Crippen molar-refractivity contribution in [3.05, 3.63) is 96.8 Å². The van der Waals surface area contributed by atoms with E-state index in [2.05, 4.69) is 76.4 Å². The zero-order chi connectivity index (χ0) is 15.5. The van der Waals surface area contributed by atoms with Crippen molar-refractivity contribution in [2.24, 2.45) is 4.99 Å². The lowest BCUT2D eigenvalue weighted by Gasteiger charge is -2.05. The van der Waals surface area contributed by atoms with Crippen LogP contribution in [0.2, 0.25) is 0 Å². The first kappa shape index (κ1) is 13.5. The summed E-state index contributed by atoms with van der Waals surface area (Å²) in [7, 11) is 0. The molecule has 0 saturated heterocycles. The zero-order valence-corrected chi connectivity index (χ0v) is 12.6. The van der Waals surface area contributed by atoms with Gasteiger partial charge in [0.05, 0.1) is 17.6 Å². The first-order valence-corrected chi connectivity index (χ1v) is 7.66. The summed E-state index contributed by atoms with van der Waals surface area (Å²) < 4.78 is 2.13. The number of aromatic nitrogens is 1. The molecule has 4 rings (SSSR count). The van der Waals surface area contributed by atoms with Gasteiger partial charge in [-0.05, 0) is 47.2 Å². The summed E-state index contributed by atoms with van der Waals surface area (Å²) in [6.45, 7) is 0. The van der Waals surface area contributed by atoms with E-state index in [9.17, 15) is 0 Å². The Labute approximate surface area is 135 Å². The van der Waals surface area contributed by atoms with E-state index < -0.39 is 0 Å². The van der Waals surface area contributed by atoms with Crippen LogP contribution in [0.4, 0.5) is 5.69 Å². The highest BCUT2D eigenvalue weighted by Crippen LogP contribution is 2.21. The Morgan fingerprint density at radius 1 is 0.696 bits per heavy atom. The van der Waals surface area contributed by atoms with Crippen LogP contribution in [0, 0.1) is 0 Å². The first-order chi connectivity index (χ1) is 11.4. The average Bonchev–Trinajstić information content (AvgIpc) is 3.09. The SMILES string of the molecule is C(=Nc1ccc2ccccc2c1)c1cccn1-c1ccccc1. The molecule has 0 aliphatic heterocycles. The third-order valence-electron chi connectivity index (χ3n) is 3.89. The predicted molar refractivity (Wildman–Crippen MR) is 97.0 cm³/mol. The maximum absolute atomic E-state index is 4.64. The van der Waals surface area contributed by atoms with Gasteiger partial charge < -0.3 is 4.57 Å². The van der Waals surface area contributed by atoms with Gasteiger partial charge in [0, 0.05) is 11.9 Å². The number of benzene rings is 3. The number of hydrogen-bond donors (Lipinski definition) is 0. The molecule has 0 N–H and O–H groups in total. The lowest BCUT2D eigenvalue weighted by atomic mass is 10.1. The summed E-state index contributed by atoms with van der Waals surface area (Å²) in [6, 6.07) is 29.0. The predicted octanol–water partition coefficient (Wildman–Crippen LogP) is 5.38. The minimum Gasteiger partial charge on any atom is -0.316 e. The average molecular weight is 296 g/mol. The number of aliphatic imine (C=N–C) groups is 1. The van der Waals surface area contributed by atoms with Crippen molar-refractivity contribution in [2.45, 2.75) is 0 Å². The molecule has 0 aliphatic rings. The van der Waals surface area contributed by atoms with Crippen LogP contribution in [0.25, 0.3) is 16.5 Å². The standard InChI is InChI=1S/C21H16N2/c1-2-9-20(10-3-1)23-14-6-11-21(23)16-22-19-13-12-17-7-4-5-8-18(17)15-19/h1-16H. The summed E-state index contributed by atoms with van der Waals surface area (Å²) in [5, 5.41) is 2.44. The molecule has 0 unspecified atom stereocenters.